The summed E-state index contributed by atoms with van der Waals surface area (Å²) in [6.45, 7) is 4.21. The van der Waals surface area contributed by atoms with E-state index in [1.807, 2.05) is 0 Å². The number of halogens is 1. The lowest BCUT2D eigenvalue weighted by Crippen LogP contribution is -2.07. The highest BCUT2D eigenvalue weighted by Crippen LogP contribution is 2.20. The summed E-state index contributed by atoms with van der Waals surface area (Å²) >= 11 is 7.48. The summed E-state index contributed by atoms with van der Waals surface area (Å²) in [6, 6.07) is 0. The molecule has 0 aliphatic heterocycles. The fraction of sp³-hybridized carbons (Fsp3) is 0.583. The SMILES string of the molecule is CCCCCSc1ncc(C(=O)OCC)c(Cl)n1. The molecular formula is C12H17ClN2O2S. The Kier molecular flexibility index (Phi) is 7.05. The lowest BCUT2D eigenvalue weighted by atomic mass is 10.3. The van der Waals surface area contributed by atoms with Crippen molar-refractivity contribution >= 4 is 29.3 Å². The summed E-state index contributed by atoms with van der Waals surface area (Å²) in [4.78, 5) is 19.7. The van der Waals surface area contributed by atoms with Gasteiger partial charge in [0.05, 0.1) is 6.61 Å². The first kappa shape index (κ1) is 15.2. The summed E-state index contributed by atoms with van der Waals surface area (Å²) in [5, 5.41) is 0.755. The molecule has 0 fully saturated rings. The smallest absolute Gasteiger partial charge is 0.342 e. The average Bonchev–Trinajstić information content (AvgIpc) is 2.35. The molecule has 1 aromatic heterocycles. The van der Waals surface area contributed by atoms with Gasteiger partial charge in [-0.25, -0.2) is 14.8 Å². The van der Waals surface area contributed by atoms with Crippen LogP contribution >= 0.6 is 23.4 Å². The first-order valence-electron chi connectivity index (χ1n) is 6.01. The highest BCUT2D eigenvalue weighted by molar-refractivity contribution is 7.99. The molecule has 1 heterocycles. The van der Waals surface area contributed by atoms with Gasteiger partial charge in [-0.3, -0.25) is 0 Å². The number of carbonyl (C=O) groups is 1. The molecule has 1 rings (SSSR count). The molecule has 0 aromatic carbocycles. The molecule has 6 heteroatoms. The second kappa shape index (κ2) is 8.32. The van der Waals surface area contributed by atoms with Gasteiger partial charge in [0.25, 0.3) is 0 Å². The van der Waals surface area contributed by atoms with E-state index >= 15 is 0 Å². The fourth-order valence-electron chi connectivity index (χ4n) is 1.28. The third-order valence-electron chi connectivity index (χ3n) is 2.19. The molecule has 1 aromatic rings. The molecule has 0 bridgehead atoms. The first-order valence-corrected chi connectivity index (χ1v) is 7.37. The molecular weight excluding hydrogens is 272 g/mol. The monoisotopic (exact) mass is 288 g/mol. The summed E-state index contributed by atoms with van der Waals surface area (Å²) in [7, 11) is 0. The molecule has 0 aliphatic rings. The molecule has 0 saturated heterocycles. The number of nitrogens with zero attached hydrogens (tertiary/aromatic N) is 2. The minimum atomic E-state index is -0.481. The van der Waals surface area contributed by atoms with E-state index in [1.165, 1.54) is 19.0 Å². The Morgan fingerprint density at radius 1 is 1.44 bits per heavy atom. The Balaban J connectivity index is 2.59. The third-order valence-corrected chi connectivity index (χ3v) is 3.43. The number of carbonyl (C=O) groups excluding carboxylic acids is 1. The maximum absolute atomic E-state index is 11.5. The van der Waals surface area contributed by atoms with Gasteiger partial charge in [0.1, 0.15) is 10.7 Å². The van der Waals surface area contributed by atoms with Crippen LogP contribution in [0.2, 0.25) is 5.15 Å². The highest BCUT2D eigenvalue weighted by atomic mass is 35.5. The van der Waals surface area contributed by atoms with Crippen molar-refractivity contribution in [2.75, 3.05) is 12.4 Å². The molecule has 0 saturated carbocycles. The van der Waals surface area contributed by atoms with Crippen molar-refractivity contribution in [1.82, 2.24) is 9.97 Å². The Morgan fingerprint density at radius 3 is 2.83 bits per heavy atom. The van der Waals surface area contributed by atoms with Gasteiger partial charge >= 0.3 is 5.97 Å². The minimum Gasteiger partial charge on any atom is -0.462 e. The van der Waals surface area contributed by atoms with Gasteiger partial charge in [0.15, 0.2) is 5.16 Å². The zero-order chi connectivity index (χ0) is 13.4. The second-order valence-corrected chi connectivity index (χ2v) is 5.05. The van der Waals surface area contributed by atoms with Gasteiger partial charge in [0, 0.05) is 11.9 Å². The lowest BCUT2D eigenvalue weighted by Gasteiger charge is -2.04. The molecule has 18 heavy (non-hydrogen) atoms. The molecule has 0 N–H and O–H groups in total. The van der Waals surface area contributed by atoms with Crippen LogP contribution in [-0.4, -0.2) is 28.3 Å². The van der Waals surface area contributed by atoms with Crippen LogP contribution in [0.25, 0.3) is 0 Å². The number of ether oxygens (including phenoxy) is 1. The molecule has 4 nitrogen and oxygen atoms in total. The van der Waals surface area contributed by atoms with Crippen molar-refractivity contribution < 1.29 is 9.53 Å². The minimum absolute atomic E-state index is 0.154. The average molecular weight is 289 g/mol. The van der Waals surface area contributed by atoms with E-state index in [2.05, 4.69) is 16.9 Å². The van der Waals surface area contributed by atoms with Crippen LogP contribution in [0.5, 0.6) is 0 Å². The Labute approximate surface area is 116 Å². The molecule has 0 atom stereocenters. The van der Waals surface area contributed by atoms with Gasteiger partial charge < -0.3 is 4.74 Å². The Bertz CT molecular complexity index is 402. The van der Waals surface area contributed by atoms with Crippen LogP contribution < -0.4 is 0 Å². The number of hydrogen-bond donors (Lipinski definition) is 0. The Hall–Kier alpha value is -0.810. The van der Waals surface area contributed by atoms with Gasteiger partial charge in [0.2, 0.25) is 0 Å². The van der Waals surface area contributed by atoms with E-state index in [0.717, 1.165) is 12.2 Å². The summed E-state index contributed by atoms with van der Waals surface area (Å²) in [5.41, 5.74) is 0.219. The highest BCUT2D eigenvalue weighted by Gasteiger charge is 2.14. The quantitative estimate of drug-likeness (QED) is 0.252. The van der Waals surface area contributed by atoms with E-state index in [4.69, 9.17) is 16.3 Å². The zero-order valence-electron chi connectivity index (χ0n) is 10.6. The van der Waals surface area contributed by atoms with E-state index < -0.39 is 5.97 Å². The Morgan fingerprint density at radius 2 is 2.22 bits per heavy atom. The number of aromatic nitrogens is 2. The largest absolute Gasteiger partial charge is 0.462 e. The van der Waals surface area contributed by atoms with E-state index in [0.29, 0.717) is 11.8 Å². The van der Waals surface area contributed by atoms with Crippen LogP contribution in [0.1, 0.15) is 43.5 Å². The van der Waals surface area contributed by atoms with Gasteiger partial charge in [-0.15, -0.1) is 0 Å². The fourth-order valence-corrected chi connectivity index (χ4v) is 2.35. The summed E-state index contributed by atoms with van der Waals surface area (Å²) in [5.74, 6) is 0.480. The number of hydrogen-bond acceptors (Lipinski definition) is 5. The third kappa shape index (κ3) is 4.82. The number of thioether (sulfide) groups is 1. The lowest BCUT2D eigenvalue weighted by molar-refractivity contribution is 0.0525. The van der Waals surface area contributed by atoms with Crippen molar-refractivity contribution in [3.05, 3.63) is 16.9 Å². The van der Waals surface area contributed by atoms with Crippen molar-refractivity contribution in [3.63, 3.8) is 0 Å². The van der Waals surface area contributed by atoms with Gasteiger partial charge in [-0.1, -0.05) is 43.1 Å². The maximum Gasteiger partial charge on any atom is 0.342 e. The van der Waals surface area contributed by atoms with Crippen LogP contribution in [0, 0.1) is 0 Å². The van der Waals surface area contributed by atoms with Crippen molar-refractivity contribution in [2.24, 2.45) is 0 Å². The van der Waals surface area contributed by atoms with Crippen molar-refractivity contribution in [3.8, 4) is 0 Å². The molecule has 0 radical (unpaired) electrons. The first-order chi connectivity index (χ1) is 8.69. The van der Waals surface area contributed by atoms with Gasteiger partial charge in [-0.2, -0.15) is 0 Å². The van der Waals surface area contributed by atoms with Crippen LogP contribution in [0.15, 0.2) is 11.4 Å². The predicted molar refractivity (Wildman–Crippen MR) is 73.2 cm³/mol. The second-order valence-electron chi connectivity index (χ2n) is 3.63. The zero-order valence-corrected chi connectivity index (χ0v) is 12.2. The van der Waals surface area contributed by atoms with Crippen molar-refractivity contribution in [1.29, 1.82) is 0 Å². The van der Waals surface area contributed by atoms with Crippen molar-refractivity contribution in [2.45, 2.75) is 38.3 Å². The van der Waals surface area contributed by atoms with Crippen LogP contribution in [0.3, 0.4) is 0 Å². The van der Waals surface area contributed by atoms with E-state index in [-0.39, 0.29) is 10.7 Å². The molecule has 0 amide bonds. The summed E-state index contributed by atoms with van der Waals surface area (Å²) < 4.78 is 4.85. The number of unbranched alkanes of at least 4 members (excludes halogenated alkanes) is 2. The topological polar surface area (TPSA) is 52.1 Å². The molecule has 100 valence electrons. The molecule has 0 unspecified atom stereocenters. The maximum atomic E-state index is 11.5. The normalized spacial score (nSPS) is 10.4. The molecule has 0 aliphatic carbocycles. The van der Waals surface area contributed by atoms with E-state index in [1.54, 1.807) is 18.7 Å². The number of rotatable bonds is 7. The summed E-state index contributed by atoms with van der Waals surface area (Å²) in [6.07, 6.45) is 4.93. The van der Waals surface area contributed by atoms with Gasteiger partial charge in [-0.05, 0) is 13.3 Å². The van der Waals surface area contributed by atoms with Crippen LogP contribution in [-0.2, 0) is 4.74 Å². The van der Waals surface area contributed by atoms with Crippen LogP contribution in [0.4, 0.5) is 0 Å². The molecule has 0 spiro atoms. The predicted octanol–water partition coefficient (Wildman–Crippen LogP) is 3.59. The van der Waals surface area contributed by atoms with E-state index in [9.17, 15) is 4.79 Å². The number of esters is 1. The standard InChI is InChI=1S/C12H17ClN2O2S/c1-3-5-6-7-18-12-14-8-9(10(13)15-12)11(16)17-4-2/h8H,3-7H2,1-2H3.